The standard InChI is InChI=1S/C14H21ClN2O/c1-16(2)10-13-11-17(7-8-18-13)9-12-5-3-4-6-14(12)15/h3-6,13H,7-11H2,1-2H3. The molecule has 1 fully saturated rings. The second-order valence-corrected chi connectivity index (χ2v) is 5.49. The maximum absolute atomic E-state index is 6.20. The second kappa shape index (κ2) is 6.53. The normalized spacial score (nSPS) is 21.4. The van der Waals surface area contributed by atoms with Gasteiger partial charge in [0.05, 0.1) is 12.7 Å². The Labute approximate surface area is 114 Å². The fourth-order valence-corrected chi connectivity index (χ4v) is 2.50. The number of halogens is 1. The maximum Gasteiger partial charge on any atom is 0.0829 e. The highest BCUT2D eigenvalue weighted by Gasteiger charge is 2.21. The number of ether oxygens (including phenoxy) is 1. The maximum atomic E-state index is 6.20. The van der Waals surface area contributed by atoms with Crippen LogP contribution in [0.15, 0.2) is 24.3 Å². The molecule has 1 aliphatic rings. The Balaban J connectivity index is 1.91. The highest BCUT2D eigenvalue weighted by atomic mass is 35.5. The highest BCUT2D eigenvalue weighted by Crippen LogP contribution is 2.18. The predicted octanol–water partition coefficient (Wildman–Crippen LogP) is 2.10. The summed E-state index contributed by atoms with van der Waals surface area (Å²) < 4.78 is 5.77. The lowest BCUT2D eigenvalue weighted by atomic mass is 10.2. The molecule has 0 aromatic heterocycles. The minimum Gasteiger partial charge on any atom is -0.374 e. The third-order valence-corrected chi connectivity index (χ3v) is 3.51. The minimum absolute atomic E-state index is 0.302. The number of hydrogen-bond acceptors (Lipinski definition) is 3. The number of hydrogen-bond donors (Lipinski definition) is 0. The summed E-state index contributed by atoms with van der Waals surface area (Å²) in [6.07, 6.45) is 0.302. The van der Waals surface area contributed by atoms with Crippen molar-refractivity contribution in [3.63, 3.8) is 0 Å². The van der Waals surface area contributed by atoms with Gasteiger partial charge in [0, 0.05) is 31.2 Å². The monoisotopic (exact) mass is 268 g/mol. The first-order chi connectivity index (χ1) is 8.65. The van der Waals surface area contributed by atoms with Crippen molar-refractivity contribution in [2.75, 3.05) is 40.3 Å². The predicted molar refractivity (Wildman–Crippen MR) is 75.0 cm³/mol. The van der Waals surface area contributed by atoms with Crippen molar-refractivity contribution in [2.24, 2.45) is 0 Å². The van der Waals surface area contributed by atoms with Gasteiger partial charge in [-0.05, 0) is 25.7 Å². The SMILES string of the molecule is CN(C)CC1CN(Cc2ccccc2Cl)CCO1. The van der Waals surface area contributed by atoms with E-state index in [2.05, 4.69) is 30.0 Å². The molecule has 3 nitrogen and oxygen atoms in total. The Kier molecular flexibility index (Phi) is 5.01. The Hall–Kier alpha value is -0.610. The molecule has 1 atom stereocenters. The largest absolute Gasteiger partial charge is 0.374 e. The van der Waals surface area contributed by atoms with E-state index in [1.54, 1.807) is 0 Å². The molecular weight excluding hydrogens is 248 g/mol. The quantitative estimate of drug-likeness (QED) is 0.832. The average molecular weight is 269 g/mol. The lowest BCUT2D eigenvalue weighted by Gasteiger charge is -2.34. The molecule has 4 heteroatoms. The third-order valence-electron chi connectivity index (χ3n) is 3.14. The van der Waals surface area contributed by atoms with Gasteiger partial charge in [-0.2, -0.15) is 0 Å². The summed E-state index contributed by atoms with van der Waals surface area (Å²) in [5, 5.41) is 0.855. The van der Waals surface area contributed by atoms with E-state index in [-0.39, 0.29) is 0 Å². The number of nitrogens with zero attached hydrogens (tertiary/aromatic N) is 2. The molecule has 2 rings (SSSR count). The molecule has 1 aromatic rings. The van der Waals surface area contributed by atoms with Crippen LogP contribution in [0.1, 0.15) is 5.56 Å². The molecule has 100 valence electrons. The number of likely N-dealkylation sites (N-methyl/N-ethyl adjacent to an activating group) is 1. The van der Waals surface area contributed by atoms with Crippen LogP contribution in [-0.2, 0) is 11.3 Å². The van der Waals surface area contributed by atoms with Crippen molar-refractivity contribution in [1.29, 1.82) is 0 Å². The summed E-state index contributed by atoms with van der Waals surface area (Å²) in [6.45, 7) is 4.65. The van der Waals surface area contributed by atoms with Gasteiger partial charge < -0.3 is 9.64 Å². The van der Waals surface area contributed by atoms with Crippen molar-refractivity contribution < 1.29 is 4.74 Å². The van der Waals surface area contributed by atoms with Crippen LogP contribution < -0.4 is 0 Å². The van der Waals surface area contributed by atoms with Gasteiger partial charge in [0.15, 0.2) is 0 Å². The van der Waals surface area contributed by atoms with Crippen molar-refractivity contribution in [1.82, 2.24) is 9.80 Å². The molecule has 1 saturated heterocycles. The molecular formula is C14H21ClN2O. The lowest BCUT2D eigenvalue weighted by Crippen LogP contribution is -2.45. The van der Waals surface area contributed by atoms with Crippen molar-refractivity contribution in [2.45, 2.75) is 12.6 Å². The zero-order valence-corrected chi connectivity index (χ0v) is 11.9. The Morgan fingerprint density at radius 1 is 1.39 bits per heavy atom. The van der Waals surface area contributed by atoms with E-state index < -0.39 is 0 Å². The fourth-order valence-electron chi connectivity index (χ4n) is 2.31. The van der Waals surface area contributed by atoms with Gasteiger partial charge in [-0.3, -0.25) is 4.90 Å². The van der Waals surface area contributed by atoms with Crippen LogP contribution in [0, 0.1) is 0 Å². The van der Waals surface area contributed by atoms with Crippen molar-refractivity contribution in [3.05, 3.63) is 34.9 Å². The molecule has 0 N–H and O–H groups in total. The van der Waals surface area contributed by atoms with Gasteiger partial charge in [0.2, 0.25) is 0 Å². The molecule has 1 aromatic carbocycles. The number of morpholine rings is 1. The average Bonchev–Trinajstić information content (AvgIpc) is 2.32. The summed E-state index contributed by atoms with van der Waals surface area (Å²) in [4.78, 5) is 4.59. The van der Waals surface area contributed by atoms with Gasteiger partial charge in [-0.1, -0.05) is 29.8 Å². The first kappa shape index (κ1) is 13.8. The Morgan fingerprint density at radius 2 is 2.17 bits per heavy atom. The molecule has 0 spiro atoms. The van der Waals surface area contributed by atoms with E-state index in [4.69, 9.17) is 16.3 Å². The summed E-state index contributed by atoms with van der Waals surface area (Å²) in [5.74, 6) is 0. The van der Waals surface area contributed by atoms with E-state index in [0.717, 1.165) is 37.8 Å². The topological polar surface area (TPSA) is 15.7 Å². The van der Waals surface area contributed by atoms with Crippen molar-refractivity contribution in [3.8, 4) is 0 Å². The Morgan fingerprint density at radius 3 is 2.89 bits per heavy atom. The van der Waals surface area contributed by atoms with Crippen LogP contribution in [0.5, 0.6) is 0 Å². The van der Waals surface area contributed by atoms with Gasteiger partial charge in [0.1, 0.15) is 0 Å². The van der Waals surface area contributed by atoms with Crippen LogP contribution in [0.4, 0.5) is 0 Å². The van der Waals surface area contributed by atoms with Gasteiger partial charge in [-0.15, -0.1) is 0 Å². The summed E-state index contributed by atoms with van der Waals surface area (Å²) in [6, 6.07) is 8.06. The zero-order chi connectivity index (χ0) is 13.0. The summed E-state index contributed by atoms with van der Waals surface area (Å²) >= 11 is 6.20. The molecule has 0 saturated carbocycles. The smallest absolute Gasteiger partial charge is 0.0829 e. The van der Waals surface area contributed by atoms with Crippen LogP contribution in [-0.4, -0.2) is 56.2 Å². The molecule has 0 aliphatic carbocycles. The van der Waals surface area contributed by atoms with E-state index in [0.29, 0.717) is 6.10 Å². The van der Waals surface area contributed by atoms with Crippen LogP contribution in [0.25, 0.3) is 0 Å². The Bertz CT molecular complexity index is 384. The van der Waals surface area contributed by atoms with Crippen LogP contribution in [0.2, 0.25) is 5.02 Å². The van der Waals surface area contributed by atoms with Crippen LogP contribution in [0.3, 0.4) is 0 Å². The van der Waals surface area contributed by atoms with E-state index in [1.807, 2.05) is 18.2 Å². The number of rotatable bonds is 4. The molecule has 1 aliphatic heterocycles. The number of benzene rings is 1. The van der Waals surface area contributed by atoms with Crippen LogP contribution >= 0.6 is 11.6 Å². The third kappa shape index (κ3) is 3.95. The molecule has 18 heavy (non-hydrogen) atoms. The second-order valence-electron chi connectivity index (χ2n) is 5.08. The lowest BCUT2D eigenvalue weighted by molar-refractivity contribution is -0.0406. The van der Waals surface area contributed by atoms with Gasteiger partial charge in [-0.25, -0.2) is 0 Å². The molecule has 0 bridgehead atoms. The molecule has 1 unspecified atom stereocenters. The molecule has 0 radical (unpaired) electrons. The molecule has 0 amide bonds. The summed E-state index contributed by atoms with van der Waals surface area (Å²) in [7, 11) is 4.16. The molecule has 1 heterocycles. The van der Waals surface area contributed by atoms with Crippen molar-refractivity contribution >= 4 is 11.6 Å². The summed E-state index contributed by atoms with van der Waals surface area (Å²) in [5.41, 5.74) is 1.20. The van der Waals surface area contributed by atoms with E-state index in [9.17, 15) is 0 Å². The van der Waals surface area contributed by atoms with E-state index >= 15 is 0 Å². The highest BCUT2D eigenvalue weighted by molar-refractivity contribution is 6.31. The van der Waals surface area contributed by atoms with Gasteiger partial charge >= 0.3 is 0 Å². The zero-order valence-electron chi connectivity index (χ0n) is 11.1. The van der Waals surface area contributed by atoms with Gasteiger partial charge in [0.25, 0.3) is 0 Å². The fraction of sp³-hybridized carbons (Fsp3) is 0.571. The first-order valence-electron chi connectivity index (χ1n) is 6.37. The minimum atomic E-state index is 0.302. The van der Waals surface area contributed by atoms with E-state index in [1.165, 1.54) is 5.56 Å². The first-order valence-corrected chi connectivity index (χ1v) is 6.75.